The number of nitrogens with zero attached hydrogens (tertiary/aromatic N) is 1. The van der Waals surface area contributed by atoms with Crippen molar-refractivity contribution < 1.29 is 28.0 Å². The summed E-state index contributed by atoms with van der Waals surface area (Å²) in [5.74, 6) is -4.35. The first-order valence-corrected chi connectivity index (χ1v) is 10.3. The van der Waals surface area contributed by atoms with Crippen molar-refractivity contribution in [3.05, 3.63) is 106 Å². The van der Waals surface area contributed by atoms with Crippen LogP contribution in [0, 0.1) is 11.6 Å². The zero-order valence-corrected chi connectivity index (χ0v) is 18.0. The predicted molar refractivity (Wildman–Crippen MR) is 118 cm³/mol. The summed E-state index contributed by atoms with van der Waals surface area (Å²) in [5, 5.41) is 4.89. The van der Waals surface area contributed by atoms with Crippen LogP contribution in [0.5, 0.6) is 0 Å². The minimum atomic E-state index is -1.27. The molecule has 3 aromatic carbocycles. The molecule has 172 valence electrons. The maximum absolute atomic E-state index is 13.7. The van der Waals surface area contributed by atoms with Gasteiger partial charge in [-0.2, -0.15) is 0 Å². The second kappa shape index (κ2) is 9.22. The van der Waals surface area contributed by atoms with Crippen LogP contribution in [0.4, 0.5) is 8.78 Å². The molecule has 4 amide bonds. The van der Waals surface area contributed by atoms with Crippen molar-refractivity contribution in [2.75, 3.05) is 7.05 Å². The van der Waals surface area contributed by atoms with Gasteiger partial charge in [0.2, 0.25) is 5.91 Å². The minimum absolute atomic E-state index is 0.0461. The fourth-order valence-corrected chi connectivity index (χ4v) is 3.73. The largest absolute Gasteiger partial charge is 0.357 e. The Hall–Kier alpha value is -4.40. The van der Waals surface area contributed by atoms with Gasteiger partial charge < -0.3 is 10.6 Å². The molecule has 0 fully saturated rings. The van der Waals surface area contributed by atoms with E-state index in [1.165, 1.54) is 25.2 Å². The number of nitrogens with one attached hydrogen (secondary N) is 2. The van der Waals surface area contributed by atoms with Crippen molar-refractivity contribution in [3.63, 3.8) is 0 Å². The van der Waals surface area contributed by atoms with Crippen molar-refractivity contribution in [2.24, 2.45) is 0 Å². The zero-order valence-electron chi connectivity index (χ0n) is 18.0. The second-order valence-corrected chi connectivity index (χ2v) is 7.64. The average molecular weight is 463 g/mol. The number of rotatable bonds is 6. The monoisotopic (exact) mass is 463 g/mol. The van der Waals surface area contributed by atoms with Gasteiger partial charge >= 0.3 is 0 Å². The van der Waals surface area contributed by atoms with Gasteiger partial charge in [0.1, 0.15) is 6.04 Å². The molecular formula is C25H19F2N3O4. The van der Waals surface area contributed by atoms with Crippen LogP contribution in [0.15, 0.2) is 66.7 Å². The van der Waals surface area contributed by atoms with E-state index in [9.17, 15) is 28.0 Å². The summed E-state index contributed by atoms with van der Waals surface area (Å²) in [6.45, 7) is -0.0461. The fourth-order valence-electron chi connectivity index (χ4n) is 3.73. The third-order valence-electron chi connectivity index (χ3n) is 5.47. The minimum Gasteiger partial charge on any atom is -0.357 e. The van der Waals surface area contributed by atoms with E-state index in [1.807, 2.05) is 0 Å². The van der Waals surface area contributed by atoms with Gasteiger partial charge in [0.05, 0.1) is 17.7 Å². The van der Waals surface area contributed by atoms with E-state index in [-0.39, 0.29) is 17.7 Å². The number of hydrogen-bond acceptors (Lipinski definition) is 4. The molecule has 1 aliphatic heterocycles. The molecule has 0 aromatic heterocycles. The van der Waals surface area contributed by atoms with Gasteiger partial charge in [-0.3, -0.25) is 24.1 Å². The van der Waals surface area contributed by atoms with Crippen LogP contribution in [0.25, 0.3) is 0 Å². The number of imide groups is 1. The van der Waals surface area contributed by atoms with Crippen molar-refractivity contribution in [1.29, 1.82) is 0 Å². The second-order valence-electron chi connectivity index (χ2n) is 7.64. The van der Waals surface area contributed by atoms with Gasteiger partial charge in [0, 0.05) is 12.6 Å². The Morgan fingerprint density at radius 3 is 2.18 bits per heavy atom. The lowest BCUT2D eigenvalue weighted by atomic mass is 10.0. The summed E-state index contributed by atoms with van der Waals surface area (Å²) in [4.78, 5) is 51.5. The predicted octanol–water partition coefficient (Wildman–Crippen LogP) is 2.98. The van der Waals surface area contributed by atoms with Gasteiger partial charge in [-0.1, -0.05) is 30.3 Å². The highest BCUT2D eigenvalue weighted by Crippen LogP contribution is 2.24. The molecule has 7 nitrogen and oxygen atoms in total. The molecule has 1 atom stereocenters. The number of carbonyl (C=O) groups is 4. The highest BCUT2D eigenvalue weighted by molar-refractivity contribution is 6.21. The Balaban J connectivity index is 1.54. The smallest absolute Gasteiger partial charge is 0.261 e. The van der Waals surface area contributed by atoms with Crippen molar-refractivity contribution >= 4 is 23.6 Å². The van der Waals surface area contributed by atoms with E-state index < -0.39 is 41.3 Å². The maximum Gasteiger partial charge on any atom is 0.261 e. The first kappa shape index (κ1) is 22.8. The van der Waals surface area contributed by atoms with Crippen LogP contribution in [0.2, 0.25) is 0 Å². The van der Waals surface area contributed by atoms with E-state index in [2.05, 4.69) is 10.6 Å². The number of amides is 4. The first-order valence-electron chi connectivity index (χ1n) is 10.3. The van der Waals surface area contributed by atoms with Gasteiger partial charge in [0.15, 0.2) is 11.6 Å². The van der Waals surface area contributed by atoms with E-state index in [4.69, 9.17) is 0 Å². The highest BCUT2D eigenvalue weighted by Gasteiger charge is 2.35. The van der Waals surface area contributed by atoms with Gasteiger partial charge in [-0.05, 0) is 47.5 Å². The lowest BCUT2D eigenvalue weighted by Gasteiger charge is -2.19. The standard InChI is InChI=1S/C25H19F2N3O4/c1-28-23(32)21(15-9-10-19(26)20(27)12-15)29-22(31)16-6-4-5-14(11-16)13-30-24(33)17-7-2-3-8-18(17)25(30)34/h2-12,21H,13H2,1H3,(H,28,32)(H,29,31). The Morgan fingerprint density at radius 1 is 0.882 bits per heavy atom. The fraction of sp³-hybridized carbons (Fsp3) is 0.120. The third-order valence-corrected chi connectivity index (χ3v) is 5.47. The van der Waals surface area contributed by atoms with E-state index in [1.54, 1.807) is 36.4 Å². The summed E-state index contributed by atoms with van der Waals surface area (Å²) in [6, 6.07) is 14.4. The molecule has 0 bridgehead atoms. The SMILES string of the molecule is CNC(=O)C(NC(=O)c1cccc(CN2C(=O)c3ccccc3C2=O)c1)c1ccc(F)c(F)c1. The van der Waals surface area contributed by atoms with Crippen LogP contribution in [0.3, 0.4) is 0 Å². The van der Waals surface area contributed by atoms with Gasteiger partial charge in [-0.15, -0.1) is 0 Å². The van der Waals surface area contributed by atoms with E-state index in [0.29, 0.717) is 16.7 Å². The highest BCUT2D eigenvalue weighted by atomic mass is 19.2. The van der Waals surface area contributed by atoms with Crippen LogP contribution in [-0.4, -0.2) is 35.6 Å². The van der Waals surface area contributed by atoms with Gasteiger partial charge in [0.25, 0.3) is 17.7 Å². The molecular weight excluding hydrogens is 444 g/mol. The lowest BCUT2D eigenvalue weighted by Crippen LogP contribution is -2.39. The summed E-state index contributed by atoms with van der Waals surface area (Å²) in [5.41, 5.74) is 1.38. The molecule has 3 aromatic rings. The normalized spacial score (nSPS) is 13.4. The molecule has 1 heterocycles. The Bertz CT molecular complexity index is 1290. The van der Waals surface area contributed by atoms with Crippen LogP contribution in [0.1, 0.15) is 48.2 Å². The van der Waals surface area contributed by atoms with Crippen molar-refractivity contribution in [1.82, 2.24) is 15.5 Å². The Kier molecular flexibility index (Phi) is 6.18. The molecule has 0 spiro atoms. The number of fused-ring (bicyclic) bond motifs is 1. The maximum atomic E-state index is 13.7. The summed E-state index contributed by atoms with van der Waals surface area (Å²) < 4.78 is 27.0. The summed E-state index contributed by atoms with van der Waals surface area (Å²) in [7, 11) is 1.35. The molecule has 0 radical (unpaired) electrons. The molecule has 0 aliphatic carbocycles. The quantitative estimate of drug-likeness (QED) is 0.550. The third kappa shape index (κ3) is 4.27. The van der Waals surface area contributed by atoms with Crippen LogP contribution < -0.4 is 10.6 Å². The summed E-state index contributed by atoms with van der Waals surface area (Å²) in [6.07, 6.45) is 0. The van der Waals surface area contributed by atoms with Crippen LogP contribution >= 0.6 is 0 Å². The Labute approximate surface area is 193 Å². The number of benzene rings is 3. The van der Waals surface area contributed by atoms with Crippen molar-refractivity contribution in [3.8, 4) is 0 Å². The van der Waals surface area contributed by atoms with Crippen LogP contribution in [-0.2, 0) is 11.3 Å². The lowest BCUT2D eigenvalue weighted by molar-refractivity contribution is -0.122. The Morgan fingerprint density at radius 2 is 1.56 bits per heavy atom. The average Bonchev–Trinajstić information content (AvgIpc) is 3.09. The van der Waals surface area contributed by atoms with E-state index in [0.717, 1.165) is 17.0 Å². The molecule has 2 N–H and O–H groups in total. The molecule has 34 heavy (non-hydrogen) atoms. The van der Waals surface area contributed by atoms with Crippen molar-refractivity contribution in [2.45, 2.75) is 12.6 Å². The number of carbonyl (C=O) groups excluding carboxylic acids is 4. The molecule has 0 saturated carbocycles. The topological polar surface area (TPSA) is 95.6 Å². The first-order chi connectivity index (χ1) is 16.3. The van der Waals surface area contributed by atoms with E-state index >= 15 is 0 Å². The molecule has 9 heteroatoms. The van der Waals surface area contributed by atoms with Gasteiger partial charge in [-0.25, -0.2) is 8.78 Å². The summed E-state index contributed by atoms with van der Waals surface area (Å²) >= 11 is 0. The number of hydrogen-bond donors (Lipinski definition) is 2. The molecule has 1 aliphatic rings. The zero-order chi connectivity index (χ0) is 24.4. The number of likely N-dealkylation sites (N-methyl/N-ethyl adjacent to an activating group) is 1. The number of halogens is 2. The molecule has 4 rings (SSSR count). The molecule has 1 unspecified atom stereocenters. The molecule has 0 saturated heterocycles.